The predicted octanol–water partition coefficient (Wildman–Crippen LogP) is 6.69. The molecule has 0 bridgehead atoms. The number of para-hydroxylation sites is 1. The summed E-state index contributed by atoms with van der Waals surface area (Å²) in [6, 6.07) is 27.4. The SMILES string of the molecule is CCc1nn(-c2ccccc2)c2c1CN(C(=O)Nc1cc(OC)ccc1OC)[C@H](c1ccc(C)cc1)c1cccn1-2. The first kappa shape index (κ1) is 26.3. The molecule has 208 valence electrons. The van der Waals surface area contributed by atoms with E-state index in [0.29, 0.717) is 23.7 Å². The van der Waals surface area contributed by atoms with Crippen molar-refractivity contribution in [2.45, 2.75) is 32.9 Å². The van der Waals surface area contributed by atoms with Crippen LogP contribution in [0.15, 0.2) is 91.1 Å². The third-order valence-corrected chi connectivity index (χ3v) is 7.61. The maximum absolute atomic E-state index is 14.3. The first-order valence-electron chi connectivity index (χ1n) is 13.7. The molecular formula is C33H33N5O3. The number of carbonyl (C=O) groups excluding carboxylic acids is 1. The van der Waals surface area contributed by atoms with Gasteiger partial charge in [-0.3, -0.25) is 0 Å². The van der Waals surface area contributed by atoms with Gasteiger partial charge in [-0.15, -0.1) is 0 Å². The van der Waals surface area contributed by atoms with Gasteiger partial charge in [0, 0.05) is 17.8 Å². The molecule has 0 aliphatic carbocycles. The zero-order valence-electron chi connectivity index (χ0n) is 23.7. The highest BCUT2D eigenvalue weighted by atomic mass is 16.5. The van der Waals surface area contributed by atoms with Crippen LogP contribution in [0.25, 0.3) is 11.5 Å². The highest BCUT2D eigenvalue weighted by Gasteiger charge is 2.36. The van der Waals surface area contributed by atoms with Gasteiger partial charge in [0.25, 0.3) is 0 Å². The summed E-state index contributed by atoms with van der Waals surface area (Å²) in [5.41, 5.74) is 6.61. The lowest BCUT2D eigenvalue weighted by Gasteiger charge is -2.31. The average molecular weight is 548 g/mol. The van der Waals surface area contributed by atoms with E-state index in [0.717, 1.165) is 46.0 Å². The second kappa shape index (κ2) is 10.9. The van der Waals surface area contributed by atoms with Gasteiger partial charge in [-0.1, -0.05) is 55.0 Å². The van der Waals surface area contributed by atoms with Crippen molar-refractivity contribution >= 4 is 11.7 Å². The Labute approximate surface area is 239 Å². The molecule has 2 aromatic heterocycles. The van der Waals surface area contributed by atoms with Crippen LogP contribution in [0, 0.1) is 6.92 Å². The van der Waals surface area contributed by atoms with Crippen molar-refractivity contribution in [3.05, 3.63) is 119 Å². The largest absolute Gasteiger partial charge is 0.497 e. The lowest BCUT2D eigenvalue weighted by atomic mass is 10.0. The van der Waals surface area contributed by atoms with Crippen LogP contribution in [0.3, 0.4) is 0 Å². The van der Waals surface area contributed by atoms with Crippen molar-refractivity contribution in [1.82, 2.24) is 19.2 Å². The van der Waals surface area contributed by atoms with Gasteiger partial charge >= 0.3 is 6.03 Å². The fourth-order valence-electron chi connectivity index (χ4n) is 5.55. The number of aryl methyl sites for hydroxylation is 2. The summed E-state index contributed by atoms with van der Waals surface area (Å²) < 4.78 is 15.2. The predicted molar refractivity (Wildman–Crippen MR) is 159 cm³/mol. The van der Waals surface area contributed by atoms with Gasteiger partial charge in [0.1, 0.15) is 17.3 Å². The number of hydrogen-bond acceptors (Lipinski definition) is 4. The first-order valence-corrected chi connectivity index (χ1v) is 13.7. The zero-order chi connectivity index (χ0) is 28.5. The summed E-state index contributed by atoms with van der Waals surface area (Å²) in [6.45, 7) is 4.53. The number of nitrogens with one attached hydrogen (secondary N) is 1. The fraction of sp³-hybridized carbons (Fsp3) is 0.212. The Kier molecular flexibility index (Phi) is 6.97. The molecule has 3 heterocycles. The molecule has 41 heavy (non-hydrogen) atoms. The number of fused-ring (bicyclic) bond motifs is 3. The Morgan fingerprint density at radius 2 is 1.76 bits per heavy atom. The summed E-state index contributed by atoms with van der Waals surface area (Å²) in [6.07, 6.45) is 2.79. The number of carbonyl (C=O) groups is 1. The van der Waals surface area contributed by atoms with E-state index in [1.54, 1.807) is 32.4 Å². The van der Waals surface area contributed by atoms with Crippen LogP contribution < -0.4 is 14.8 Å². The zero-order valence-corrected chi connectivity index (χ0v) is 23.7. The molecule has 1 aliphatic heterocycles. The van der Waals surface area contributed by atoms with Gasteiger partial charge < -0.3 is 24.3 Å². The number of nitrogens with zero attached hydrogens (tertiary/aromatic N) is 4. The normalized spacial score (nSPS) is 14.1. The highest BCUT2D eigenvalue weighted by Crippen LogP contribution is 2.39. The van der Waals surface area contributed by atoms with E-state index in [9.17, 15) is 4.79 Å². The summed E-state index contributed by atoms with van der Waals surface area (Å²) in [5, 5.41) is 8.16. The minimum atomic E-state index is -0.358. The maximum atomic E-state index is 14.3. The smallest absolute Gasteiger partial charge is 0.323 e. The van der Waals surface area contributed by atoms with Crippen LogP contribution in [-0.4, -0.2) is 39.5 Å². The molecule has 1 aliphatic rings. The van der Waals surface area contributed by atoms with E-state index < -0.39 is 0 Å². The monoisotopic (exact) mass is 547 g/mol. The third-order valence-electron chi connectivity index (χ3n) is 7.61. The molecule has 0 fully saturated rings. The topological polar surface area (TPSA) is 73.6 Å². The fourth-order valence-corrected chi connectivity index (χ4v) is 5.55. The van der Waals surface area contributed by atoms with Crippen molar-refractivity contribution < 1.29 is 14.3 Å². The molecule has 0 saturated heterocycles. The van der Waals surface area contributed by atoms with Crippen LogP contribution in [0.2, 0.25) is 0 Å². The van der Waals surface area contributed by atoms with Crippen LogP contribution in [-0.2, 0) is 13.0 Å². The number of urea groups is 1. The standard InChI is InChI=1S/C33H33N5O3/c1-5-27-26-21-37(33(39)34-28-20-25(40-3)17-18-30(28)41-4)31(23-15-13-22(2)14-16-23)29-12-9-19-36(29)32(26)38(35-27)24-10-7-6-8-11-24/h6-20,31H,5,21H2,1-4H3,(H,34,39)/t31-/m1/s1. The number of benzene rings is 3. The molecule has 0 unspecified atom stereocenters. The Balaban J connectivity index is 1.54. The molecule has 1 N–H and O–H groups in total. The van der Waals surface area contributed by atoms with Crippen molar-refractivity contribution in [3.63, 3.8) is 0 Å². The lowest BCUT2D eigenvalue weighted by molar-refractivity contribution is 0.194. The molecule has 6 rings (SSSR count). The van der Waals surface area contributed by atoms with Gasteiger partial charge in [-0.25, -0.2) is 9.48 Å². The second-order valence-electron chi connectivity index (χ2n) is 10.1. The lowest BCUT2D eigenvalue weighted by Crippen LogP contribution is -2.38. The molecule has 2 amide bonds. The summed E-state index contributed by atoms with van der Waals surface area (Å²) >= 11 is 0. The number of aromatic nitrogens is 3. The van der Waals surface area contributed by atoms with Crippen LogP contribution >= 0.6 is 0 Å². The van der Waals surface area contributed by atoms with Crippen LogP contribution in [0.4, 0.5) is 10.5 Å². The molecule has 5 aromatic rings. The highest BCUT2D eigenvalue weighted by molar-refractivity contribution is 5.92. The summed E-state index contributed by atoms with van der Waals surface area (Å²) in [7, 11) is 3.19. The number of methoxy groups -OCH3 is 2. The molecule has 8 nitrogen and oxygen atoms in total. The van der Waals surface area contributed by atoms with Crippen molar-refractivity contribution in [2.75, 3.05) is 19.5 Å². The summed E-state index contributed by atoms with van der Waals surface area (Å²) in [4.78, 5) is 16.2. The first-order chi connectivity index (χ1) is 20.0. The number of amides is 2. The van der Waals surface area contributed by atoms with Gasteiger partial charge in [-0.05, 0) is 55.3 Å². The Morgan fingerprint density at radius 1 is 0.976 bits per heavy atom. The van der Waals surface area contributed by atoms with Crippen molar-refractivity contribution in [3.8, 4) is 23.0 Å². The van der Waals surface area contributed by atoms with Gasteiger partial charge in [0.15, 0.2) is 0 Å². The Bertz CT molecular complexity index is 1690. The van der Waals surface area contributed by atoms with E-state index in [1.807, 2.05) is 33.8 Å². The molecule has 0 saturated carbocycles. The van der Waals surface area contributed by atoms with Crippen molar-refractivity contribution in [2.24, 2.45) is 0 Å². The van der Waals surface area contributed by atoms with E-state index in [2.05, 4.69) is 72.4 Å². The number of hydrogen-bond donors (Lipinski definition) is 1. The van der Waals surface area contributed by atoms with Crippen molar-refractivity contribution in [1.29, 1.82) is 0 Å². The quantitative estimate of drug-likeness (QED) is 0.257. The molecule has 3 aromatic carbocycles. The maximum Gasteiger partial charge on any atom is 0.323 e. The Hall–Kier alpha value is -4.98. The van der Waals surface area contributed by atoms with E-state index in [1.165, 1.54) is 0 Å². The van der Waals surface area contributed by atoms with Gasteiger partial charge in [0.05, 0.1) is 49.6 Å². The van der Waals surface area contributed by atoms with Gasteiger partial charge in [-0.2, -0.15) is 5.10 Å². The molecule has 8 heteroatoms. The molecule has 1 atom stereocenters. The van der Waals surface area contributed by atoms with E-state index in [4.69, 9.17) is 14.6 Å². The molecular weight excluding hydrogens is 514 g/mol. The average Bonchev–Trinajstić information content (AvgIpc) is 3.59. The number of anilines is 1. The second-order valence-corrected chi connectivity index (χ2v) is 10.1. The van der Waals surface area contributed by atoms with Gasteiger partial charge in [0.2, 0.25) is 0 Å². The Morgan fingerprint density at radius 3 is 2.46 bits per heavy atom. The van der Waals surface area contributed by atoms with E-state index in [-0.39, 0.29) is 12.1 Å². The number of ether oxygens (including phenoxy) is 2. The minimum absolute atomic E-state index is 0.253. The molecule has 0 spiro atoms. The summed E-state index contributed by atoms with van der Waals surface area (Å²) in [5.74, 6) is 2.12. The minimum Gasteiger partial charge on any atom is -0.497 e. The van der Waals surface area contributed by atoms with Crippen LogP contribution in [0.1, 0.15) is 41.0 Å². The van der Waals surface area contributed by atoms with E-state index >= 15 is 0 Å². The number of rotatable bonds is 6. The van der Waals surface area contributed by atoms with Crippen LogP contribution in [0.5, 0.6) is 11.5 Å². The molecule has 0 radical (unpaired) electrons. The third kappa shape index (κ3) is 4.71.